The molecule has 1 aromatic rings. The molecule has 3 unspecified atom stereocenters. The summed E-state index contributed by atoms with van der Waals surface area (Å²) in [4.78, 5) is 3.87. The second-order valence-corrected chi connectivity index (χ2v) is 5.55. The van der Waals surface area contributed by atoms with Crippen LogP contribution in [-0.4, -0.2) is 11.5 Å². The first-order chi connectivity index (χ1) is 9.27. The summed E-state index contributed by atoms with van der Waals surface area (Å²) in [5.41, 5.74) is 0.794. The number of hydrogen-bond donors (Lipinski definition) is 1. The van der Waals surface area contributed by atoms with Crippen LogP contribution in [0.25, 0.3) is 0 Å². The van der Waals surface area contributed by atoms with Gasteiger partial charge in [0, 0.05) is 17.8 Å². The van der Waals surface area contributed by atoms with Crippen molar-refractivity contribution in [2.45, 2.75) is 52.0 Å². The summed E-state index contributed by atoms with van der Waals surface area (Å²) >= 11 is 0. The summed E-state index contributed by atoms with van der Waals surface area (Å²) in [6.45, 7) is 5.23. The first-order valence-corrected chi connectivity index (χ1v) is 7.60. The van der Waals surface area contributed by atoms with Crippen molar-refractivity contribution in [1.82, 2.24) is 10.3 Å². The minimum Gasteiger partial charge on any atom is -0.310 e. The van der Waals surface area contributed by atoms with Gasteiger partial charge in [0.15, 0.2) is 0 Å². The van der Waals surface area contributed by atoms with Crippen LogP contribution in [0.2, 0.25) is 0 Å². The van der Waals surface area contributed by atoms with Gasteiger partial charge in [-0.3, -0.25) is 4.98 Å². The van der Waals surface area contributed by atoms with Crippen LogP contribution in [0.4, 0.5) is 4.39 Å². The molecule has 0 aliphatic heterocycles. The predicted octanol–water partition coefficient (Wildman–Crippen LogP) is 4.09. The molecule has 106 valence electrons. The fourth-order valence-corrected chi connectivity index (χ4v) is 3.53. The fraction of sp³-hybridized carbons (Fsp3) is 0.688. The van der Waals surface area contributed by atoms with E-state index in [2.05, 4.69) is 24.1 Å². The molecule has 1 aromatic heterocycles. The normalized spacial score (nSPS) is 25.2. The lowest BCUT2D eigenvalue weighted by Crippen LogP contribution is -2.35. The highest BCUT2D eigenvalue weighted by atomic mass is 19.1. The van der Waals surface area contributed by atoms with Crippen molar-refractivity contribution in [2.75, 3.05) is 6.54 Å². The van der Waals surface area contributed by atoms with Crippen LogP contribution >= 0.6 is 0 Å². The average Bonchev–Trinajstić information content (AvgIpc) is 2.46. The van der Waals surface area contributed by atoms with Crippen molar-refractivity contribution in [2.24, 2.45) is 11.8 Å². The van der Waals surface area contributed by atoms with Crippen LogP contribution in [-0.2, 0) is 0 Å². The molecule has 1 aliphatic rings. The van der Waals surface area contributed by atoms with E-state index >= 15 is 0 Å². The van der Waals surface area contributed by atoms with Gasteiger partial charge in [-0.15, -0.1) is 0 Å². The van der Waals surface area contributed by atoms with Gasteiger partial charge in [0.25, 0.3) is 0 Å². The standard InChI is InChI=1S/C16H25FN2/c1-3-12-7-5-6-8-13(12)16(19-4-2)14-9-10-18-11-15(14)17/h9-13,16,19H,3-8H2,1-2H3. The maximum Gasteiger partial charge on any atom is 0.146 e. The monoisotopic (exact) mass is 264 g/mol. The van der Waals surface area contributed by atoms with Crippen LogP contribution in [0.1, 0.15) is 57.6 Å². The molecule has 1 saturated carbocycles. The smallest absolute Gasteiger partial charge is 0.146 e. The molecule has 3 heteroatoms. The molecule has 0 bridgehead atoms. The molecular formula is C16H25FN2. The highest BCUT2D eigenvalue weighted by molar-refractivity contribution is 5.19. The Labute approximate surface area is 115 Å². The Morgan fingerprint density at radius 3 is 2.84 bits per heavy atom. The third kappa shape index (κ3) is 3.33. The first-order valence-electron chi connectivity index (χ1n) is 7.60. The Morgan fingerprint density at radius 1 is 1.37 bits per heavy atom. The van der Waals surface area contributed by atoms with E-state index in [9.17, 15) is 4.39 Å². The van der Waals surface area contributed by atoms with Crippen molar-refractivity contribution in [3.05, 3.63) is 29.8 Å². The van der Waals surface area contributed by atoms with Crippen molar-refractivity contribution < 1.29 is 4.39 Å². The summed E-state index contributed by atoms with van der Waals surface area (Å²) in [5.74, 6) is 1.09. The minimum atomic E-state index is -0.172. The Morgan fingerprint density at radius 2 is 2.16 bits per heavy atom. The van der Waals surface area contributed by atoms with Crippen molar-refractivity contribution >= 4 is 0 Å². The number of pyridine rings is 1. The number of halogens is 1. The summed E-state index contributed by atoms with van der Waals surface area (Å²) in [6, 6.07) is 1.97. The SMILES string of the molecule is CCNC(c1ccncc1F)C1CCCCC1CC. The zero-order valence-electron chi connectivity index (χ0n) is 12.0. The lowest BCUT2D eigenvalue weighted by atomic mass is 9.72. The van der Waals surface area contributed by atoms with Gasteiger partial charge in [-0.25, -0.2) is 4.39 Å². The van der Waals surface area contributed by atoms with E-state index in [1.54, 1.807) is 6.20 Å². The Bertz CT molecular complexity index is 394. The van der Waals surface area contributed by atoms with E-state index in [-0.39, 0.29) is 11.9 Å². The molecule has 2 nitrogen and oxygen atoms in total. The molecule has 19 heavy (non-hydrogen) atoms. The number of nitrogens with zero attached hydrogens (tertiary/aromatic N) is 1. The largest absolute Gasteiger partial charge is 0.310 e. The molecule has 0 aromatic carbocycles. The van der Waals surface area contributed by atoms with Crippen LogP contribution in [0, 0.1) is 17.7 Å². The summed E-state index contributed by atoms with van der Waals surface area (Å²) in [7, 11) is 0. The number of rotatable bonds is 5. The highest BCUT2D eigenvalue weighted by Crippen LogP contribution is 2.40. The fourth-order valence-electron chi connectivity index (χ4n) is 3.53. The van der Waals surface area contributed by atoms with E-state index in [0.29, 0.717) is 11.8 Å². The molecule has 1 heterocycles. The number of hydrogen-bond acceptors (Lipinski definition) is 2. The molecule has 2 rings (SSSR count). The molecule has 1 aliphatic carbocycles. The van der Waals surface area contributed by atoms with Crippen LogP contribution in [0.5, 0.6) is 0 Å². The third-order valence-electron chi connectivity index (χ3n) is 4.48. The second kappa shape index (κ2) is 6.99. The van der Waals surface area contributed by atoms with E-state index in [0.717, 1.165) is 12.1 Å². The summed E-state index contributed by atoms with van der Waals surface area (Å²) in [6.07, 6.45) is 9.32. The predicted molar refractivity (Wildman–Crippen MR) is 76.4 cm³/mol. The average molecular weight is 264 g/mol. The molecule has 0 spiro atoms. The summed E-state index contributed by atoms with van der Waals surface area (Å²) < 4.78 is 14.0. The Balaban J connectivity index is 2.26. The lowest BCUT2D eigenvalue weighted by molar-refractivity contribution is 0.174. The van der Waals surface area contributed by atoms with E-state index in [1.807, 2.05) is 6.07 Å². The second-order valence-electron chi connectivity index (χ2n) is 5.55. The molecule has 1 fully saturated rings. The summed E-state index contributed by atoms with van der Waals surface area (Å²) in [5, 5.41) is 3.51. The zero-order valence-corrected chi connectivity index (χ0v) is 12.0. The van der Waals surface area contributed by atoms with Crippen molar-refractivity contribution in [3.8, 4) is 0 Å². The van der Waals surface area contributed by atoms with Gasteiger partial charge in [-0.1, -0.05) is 39.5 Å². The zero-order chi connectivity index (χ0) is 13.7. The topological polar surface area (TPSA) is 24.9 Å². The van der Waals surface area contributed by atoms with Crippen LogP contribution in [0.3, 0.4) is 0 Å². The maximum absolute atomic E-state index is 14.0. The Kier molecular flexibility index (Phi) is 5.32. The van der Waals surface area contributed by atoms with Crippen molar-refractivity contribution in [3.63, 3.8) is 0 Å². The lowest BCUT2D eigenvalue weighted by Gasteiger charge is -2.37. The molecule has 0 amide bonds. The van der Waals surface area contributed by atoms with Gasteiger partial charge in [0.1, 0.15) is 5.82 Å². The first kappa shape index (κ1) is 14.4. The number of aromatic nitrogens is 1. The molecule has 3 atom stereocenters. The van der Waals surface area contributed by atoms with Gasteiger partial charge in [-0.2, -0.15) is 0 Å². The van der Waals surface area contributed by atoms with Gasteiger partial charge in [0.05, 0.1) is 6.20 Å². The highest BCUT2D eigenvalue weighted by Gasteiger charge is 2.32. The molecular weight excluding hydrogens is 239 g/mol. The molecule has 1 N–H and O–H groups in total. The van der Waals surface area contributed by atoms with Gasteiger partial charge >= 0.3 is 0 Å². The minimum absolute atomic E-state index is 0.137. The maximum atomic E-state index is 14.0. The number of nitrogens with one attached hydrogen (secondary N) is 1. The van der Waals surface area contributed by atoms with Gasteiger partial charge in [0.2, 0.25) is 0 Å². The van der Waals surface area contributed by atoms with E-state index in [1.165, 1.54) is 38.3 Å². The van der Waals surface area contributed by atoms with Crippen molar-refractivity contribution in [1.29, 1.82) is 0 Å². The van der Waals surface area contributed by atoms with E-state index < -0.39 is 0 Å². The molecule has 0 radical (unpaired) electrons. The van der Waals surface area contributed by atoms with E-state index in [4.69, 9.17) is 0 Å². The quantitative estimate of drug-likeness (QED) is 0.866. The van der Waals surface area contributed by atoms with Crippen LogP contribution < -0.4 is 5.32 Å². The van der Waals surface area contributed by atoms with Crippen LogP contribution in [0.15, 0.2) is 18.5 Å². The Hall–Kier alpha value is -0.960. The third-order valence-corrected chi connectivity index (χ3v) is 4.48. The van der Waals surface area contributed by atoms with Gasteiger partial charge < -0.3 is 5.32 Å². The molecule has 0 saturated heterocycles. The van der Waals surface area contributed by atoms with Gasteiger partial charge in [-0.05, 0) is 30.9 Å².